The van der Waals surface area contributed by atoms with E-state index in [1.165, 1.54) is 6.33 Å². The summed E-state index contributed by atoms with van der Waals surface area (Å²) in [7, 11) is 0. The molecule has 8 heteroatoms. The number of hydrogen-bond acceptors (Lipinski definition) is 5. The Morgan fingerprint density at radius 2 is 1.88 bits per heavy atom. The second kappa shape index (κ2) is 5.76. The summed E-state index contributed by atoms with van der Waals surface area (Å²) in [4.78, 5) is 21.1. The van der Waals surface area contributed by atoms with Gasteiger partial charge >= 0.3 is 0 Å². The van der Waals surface area contributed by atoms with Crippen LogP contribution in [0.2, 0.25) is 0 Å². The van der Waals surface area contributed by atoms with E-state index in [4.69, 9.17) is 4.42 Å². The lowest BCUT2D eigenvalue weighted by molar-refractivity contribution is 0.102. The highest BCUT2D eigenvalue weighted by Crippen LogP contribution is 2.40. The Morgan fingerprint density at radius 1 is 1.19 bits per heavy atom. The zero-order valence-corrected chi connectivity index (χ0v) is 14.2. The van der Waals surface area contributed by atoms with Gasteiger partial charge in [0.15, 0.2) is 0 Å². The molecule has 1 aliphatic rings. The van der Waals surface area contributed by atoms with E-state index in [1.54, 1.807) is 6.92 Å². The van der Waals surface area contributed by atoms with Gasteiger partial charge in [-0.1, -0.05) is 0 Å². The van der Waals surface area contributed by atoms with Gasteiger partial charge in [0.2, 0.25) is 5.71 Å². The molecule has 3 aromatic rings. The smallest absolute Gasteiger partial charge is 0.260 e. The molecular weight excluding hydrogens is 342 g/mol. The van der Waals surface area contributed by atoms with E-state index in [1.807, 2.05) is 0 Å². The van der Waals surface area contributed by atoms with Crippen LogP contribution in [0.5, 0.6) is 0 Å². The molecule has 2 aromatic heterocycles. The van der Waals surface area contributed by atoms with Crippen molar-refractivity contribution in [2.45, 2.75) is 32.2 Å². The molecule has 1 aliphatic carbocycles. The Bertz CT molecular complexity index is 1010. The lowest BCUT2D eigenvalue weighted by Gasteiger charge is -2.13. The van der Waals surface area contributed by atoms with Crippen LogP contribution in [0.4, 0.5) is 20.3 Å². The van der Waals surface area contributed by atoms with Crippen molar-refractivity contribution in [3.8, 4) is 0 Å². The predicted molar refractivity (Wildman–Crippen MR) is 92.1 cm³/mol. The minimum absolute atomic E-state index is 0.0155. The van der Waals surface area contributed by atoms with Crippen LogP contribution in [0.15, 0.2) is 28.9 Å². The number of anilines is 2. The Balaban J connectivity index is 1.75. The van der Waals surface area contributed by atoms with Crippen LogP contribution in [0.3, 0.4) is 0 Å². The van der Waals surface area contributed by atoms with Crippen LogP contribution in [0, 0.1) is 18.6 Å². The minimum atomic E-state index is -0.776. The topological polar surface area (TPSA) is 80.1 Å². The van der Waals surface area contributed by atoms with Gasteiger partial charge in [-0.3, -0.25) is 4.79 Å². The molecule has 26 heavy (non-hydrogen) atoms. The molecule has 0 bridgehead atoms. The molecule has 134 valence electrons. The van der Waals surface area contributed by atoms with Gasteiger partial charge < -0.3 is 15.1 Å². The maximum atomic E-state index is 13.4. The Labute approximate surface area is 147 Å². The number of furan rings is 1. The SMILES string of the molecule is Cc1oc2ncnc(NC3(C)CC3)c2c1C(=O)Nc1cc(F)cc(F)c1. The molecule has 1 fully saturated rings. The fourth-order valence-electron chi connectivity index (χ4n) is 2.83. The zero-order valence-electron chi connectivity index (χ0n) is 14.2. The maximum absolute atomic E-state index is 13.4. The van der Waals surface area contributed by atoms with Gasteiger partial charge in [0.25, 0.3) is 5.91 Å². The number of halogens is 2. The quantitative estimate of drug-likeness (QED) is 0.736. The average molecular weight is 358 g/mol. The number of fused-ring (bicyclic) bond motifs is 1. The molecule has 6 nitrogen and oxygen atoms in total. The molecule has 0 unspecified atom stereocenters. The Morgan fingerprint density at radius 3 is 2.54 bits per heavy atom. The normalized spacial score (nSPS) is 15.1. The summed E-state index contributed by atoms with van der Waals surface area (Å²) in [5.41, 5.74) is 0.463. The van der Waals surface area contributed by atoms with Crippen molar-refractivity contribution < 1.29 is 18.0 Å². The number of aromatic nitrogens is 2. The molecule has 1 aromatic carbocycles. The van der Waals surface area contributed by atoms with Gasteiger partial charge in [-0.2, -0.15) is 0 Å². The molecule has 1 amide bonds. The number of nitrogens with one attached hydrogen (secondary N) is 2. The second-order valence-electron chi connectivity index (χ2n) is 6.73. The summed E-state index contributed by atoms with van der Waals surface area (Å²) in [6.45, 7) is 3.69. The van der Waals surface area contributed by atoms with E-state index >= 15 is 0 Å². The summed E-state index contributed by atoms with van der Waals surface area (Å²) in [6.07, 6.45) is 3.36. The van der Waals surface area contributed by atoms with Crippen LogP contribution in [-0.4, -0.2) is 21.4 Å². The van der Waals surface area contributed by atoms with Crippen molar-refractivity contribution >= 4 is 28.5 Å². The number of aryl methyl sites for hydroxylation is 1. The molecule has 4 rings (SSSR count). The van der Waals surface area contributed by atoms with Crippen molar-refractivity contribution in [3.63, 3.8) is 0 Å². The highest BCUT2D eigenvalue weighted by molar-refractivity contribution is 6.15. The predicted octanol–water partition coefficient (Wildman–Crippen LogP) is 4.03. The molecule has 0 aliphatic heterocycles. The number of hydrogen-bond donors (Lipinski definition) is 2. The molecule has 0 atom stereocenters. The van der Waals surface area contributed by atoms with Crippen molar-refractivity contribution in [1.82, 2.24) is 9.97 Å². The first kappa shape index (κ1) is 16.4. The van der Waals surface area contributed by atoms with Gasteiger partial charge in [-0.15, -0.1) is 0 Å². The van der Waals surface area contributed by atoms with Gasteiger partial charge in [0, 0.05) is 17.3 Å². The van der Waals surface area contributed by atoms with Crippen molar-refractivity contribution in [3.05, 3.63) is 47.5 Å². The lowest BCUT2D eigenvalue weighted by atomic mass is 10.1. The Kier molecular flexibility index (Phi) is 3.64. The van der Waals surface area contributed by atoms with E-state index in [2.05, 4.69) is 27.5 Å². The first-order valence-electron chi connectivity index (χ1n) is 8.14. The van der Waals surface area contributed by atoms with E-state index in [9.17, 15) is 13.6 Å². The molecular formula is C18H16F2N4O2. The van der Waals surface area contributed by atoms with Gasteiger partial charge in [0.1, 0.15) is 29.5 Å². The maximum Gasteiger partial charge on any atom is 0.260 e. The van der Waals surface area contributed by atoms with Crippen LogP contribution in [0.1, 0.15) is 35.9 Å². The van der Waals surface area contributed by atoms with E-state index in [0.29, 0.717) is 17.0 Å². The third-order valence-electron chi connectivity index (χ3n) is 4.43. The van der Waals surface area contributed by atoms with Crippen molar-refractivity contribution in [2.24, 2.45) is 0 Å². The molecule has 0 saturated heterocycles. The van der Waals surface area contributed by atoms with Crippen LogP contribution in [0.25, 0.3) is 11.1 Å². The van der Waals surface area contributed by atoms with Crippen LogP contribution in [-0.2, 0) is 0 Å². The third kappa shape index (κ3) is 2.98. The van der Waals surface area contributed by atoms with Crippen LogP contribution < -0.4 is 10.6 Å². The van der Waals surface area contributed by atoms with Gasteiger partial charge in [-0.05, 0) is 38.8 Å². The lowest BCUT2D eigenvalue weighted by Crippen LogP contribution is -2.18. The number of nitrogens with zero attached hydrogens (tertiary/aromatic N) is 2. The summed E-state index contributed by atoms with van der Waals surface area (Å²) < 4.78 is 32.3. The standard InChI is InChI=1S/C18H16F2N4O2/c1-9-13(16(25)23-12-6-10(19)5-11(20)7-12)14-15(24-18(2)3-4-18)21-8-22-17(14)26-9/h5-8H,3-4H2,1-2H3,(H,23,25)(H,21,22,24). The monoisotopic (exact) mass is 358 g/mol. The second-order valence-corrected chi connectivity index (χ2v) is 6.73. The van der Waals surface area contributed by atoms with Crippen LogP contribution >= 0.6 is 0 Å². The average Bonchev–Trinajstić information content (AvgIpc) is 3.15. The molecule has 0 radical (unpaired) electrons. The fraction of sp³-hybridized carbons (Fsp3) is 0.278. The number of carbonyl (C=O) groups is 1. The molecule has 0 spiro atoms. The number of carbonyl (C=O) groups excluding carboxylic acids is 1. The third-order valence-corrected chi connectivity index (χ3v) is 4.43. The fourth-order valence-corrected chi connectivity index (χ4v) is 2.83. The summed E-state index contributed by atoms with van der Waals surface area (Å²) in [5, 5.41) is 6.27. The van der Waals surface area contributed by atoms with Gasteiger partial charge in [0.05, 0.1) is 10.9 Å². The highest BCUT2D eigenvalue weighted by atomic mass is 19.1. The first-order valence-corrected chi connectivity index (χ1v) is 8.14. The highest BCUT2D eigenvalue weighted by Gasteiger charge is 2.38. The molecule has 1 saturated carbocycles. The first-order chi connectivity index (χ1) is 12.3. The minimum Gasteiger partial charge on any atom is -0.442 e. The zero-order chi connectivity index (χ0) is 18.5. The number of rotatable bonds is 4. The van der Waals surface area contributed by atoms with Gasteiger partial charge in [-0.25, -0.2) is 18.7 Å². The van der Waals surface area contributed by atoms with E-state index in [-0.39, 0.29) is 22.5 Å². The largest absolute Gasteiger partial charge is 0.442 e. The Hall–Kier alpha value is -3.03. The van der Waals surface area contributed by atoms with E-state index in [0.717, 1.165) is 31.0 Å². The summed E-state index contributed by atoms with van der Waals surface area (Å²) in [5.74, 6) is -1.26. The number of benzene rings is 1. The number of amides is 1. The summed E-state index contributed by atoms with van der Waals surface area (Å²) in [6, 6.07) is 2.82. The van der Waals surface area contributed by atoms with Crippen molar-refractivity contribution in [1.29, 1.82) is 0 Å². The molecule has 2 heterocycles. The molecule has 2 N–H and O–H groups in total. The summed E-state index contributed by atoms with van der Waals surface area (Å²) >= 11 is 0. The van der Waals surface area contributed by atoms with Crippen molar-refractivity contribution in [2.75, 3.05) is 10.6 Å². The van der Waals surface area contributed by atoms with E-state index < -0.39 is 17.5 Å².